The summed E-state index contributed by atoms with van der Waals surface area (Å²) < 4.78 is 63.0. The SMILES string of the molecule is NC(=O)c1cc(OCc2ccc(OC(F)F)cc2)c2sc(C(F)(F)P(O)O)c(Br)c2c1. The van der Waals surface area contributed by atoms with Crippen LogP contribution in [0.2, 0.25) is 0 Å². The number of carbonyl (C=O) groups is 1. The molecule has 13 heteroatoms. The van der Waals surface area contributed by atoms with E-state index in [2.05, 4.69) is 20.7 Å². The molecule has 0 radical (unpaired) electrons. The van der Waals surface area contributed by atoms with Crippen LogP contribution >= 0.6 is 35.6 Å². The number of hydrogen-bond acceptors (Lipinski definition) is 6. The maximum Gasteiger partial charge on any atom is 0.387 e. The lowest BCUT2D eigenvalue weighted by molar-refractivity contribution is -0.0498. The van der Waals surface area contributed by atoms with Crippen molar-refractivity contribution in [2.75, 3.05) is 0 Å². The lowest BCUT2D eigenvalue weighted by atomic mass is 10.1. The zero-order chi connectivity index (χ0) is 22.9. The lowest BCUT2D eigenvalue weighted by Crippen LogP contribution is -2.11. The number of thiophene rings is 1. The first kappa shape index (κ1) is 23.7. The number of fused-ring (bicyclic) bond motifs is 1. The third kappa shape index (κ3) is 5.09. The number of primary amides is 1. The van der Waals surface area contributed by atoms with Gasteiger partial charge in [0.25, 0.3) is 0 Å². The number of hydrogen-bond donors (Lipinski definition) is 3. The van der Waals surface area contributed by atoms with Crippen molar-refractivity contribution in [3.8, 4) is 11.5 Å². The fraction of sp³-hybridized carbons (Fsp3) is 0.167. The molecule has 0 bridgehead atoms. The molecule has 0 saturated heterocycles. The zero-order valence-corrected chi connectivity index (χ0v) is 18.5. The Morgan fingerprint density at radius 2 is 1.87 bits per heavy atom. The van der Waals surface area contributed by atoms with Crippen molar-refractivity contribution >= 4 is 51.6 Å². The van der Waals surface area contributed by atoms with Gasteiger partial charge < -0.3 is 25.0 Å². The van der Waals surface area contributed by atoms with Crippen molar-refractivity contribution in [2.45, 2.75) is 18.9 Å². The predicted octanol–water partition coefficient (Wildman–Crippen LogP) is 5.29. The highest BCUT2D eigenvalue weighted by molar-refractivity contribution is 9.10. The number of amides is 1. The number of benzene rings is 2. The van der Waals surface area contributed by atoms with Gasteiger partial charge in [-0.15, -0.1) is 11.3 Å². The molecular formula is C18H13BrF4NO5PS. The molecule has 0 unspecified atom stereocenters. The monoisotopic (exact) mass is 541 g/mol. The second-order valence-corrected chi connectivity index (χ2v) is 9.06. The minimum absolute atomic E-state index is 0.00758. The van der Waals surface area contributed by atoms with Crippen LogP contribution in [0.3, 0.4) is 0 Å². The van der Waals surface area contributed by atoms with Crippen LogP contribution in [0.15, 0.2) is 40.9 Å². The van der Waals surface area contributed by atoms with Crippen molar-refractivity contribution in [1.82, 2.24) is 0 Å². The van der Waals surface area contributed by atoms with E-state index in [1.54, 1.807) is 0 Å². The van der Waals surface area contributed by atoms with E-state index < -0.39 is 31.4 Å². The fourth-order valence-corrected chi connectivity index (χ4v) is 5.38. The highest BCUT2D eigenvalue weighted by Crippen LogP contribution is 2.58. The molecule has 3 rings (SSSR count). The summed E-state index contributed by atoms with van der Waals surface area (Å²) in [4.78, 5) is 29.3. The Kier molecular flexibility index (Phi) is 7.07. The second-order valence-electron chi connectivity index (χ2n) is 6.10. The van der Waals surface area contributed by atoms with Gasteiger partial charge in [0.1, 0.15) is 18.1 Å². The highest BCUT2D eigenvalue weighted by atomic mass is 79.9. The summed E-state index contributed by atoms with van der Waals surface area (Å²) in [5, 5.41) is 0.184. The third-order valence-corrected chi connectivity index (χ3v) is 7.30. The van der Waals surface area contributed by atoms with Crippen molar-refractivity contribution in [3.63, 3.8) is 0 Å². The molecule has 31 heavy (non-hydrogen) atoms. The van der Waals surface area contributed by atoms with Crippen molar-refractivity contribution in [1.29, 1.82) is 0 Å². The second kappa shape index (κ2) is 9.25. The summed E-state index contributed by atoms with van der Waals surface area (Å²) in [7, 11) is -3.61. The van der Waals surface area contributed by atoms with Gasteiger partial charge in [-0.3, -0.25) is 4.79 Å². The number of ether oxygens (including phenoxy) is 2. The topological polar surface area (TPSA) is 102 Å². The first-order chi connectivity index (χ1) is 14.5. The third-order valence-electron chi connectivity index (χ3n) is 4.05. The van der Waals surface area contributed by atoms with E-state index in [0.29, 0.717) is 16.9 Å². The Morgan fingerprint density at radius 1 is 1.23 bits per heavy atom. The number of nitrogens with two attached hydrogens (primary N) is 1. The zero-order valence-electron chi connectivity index (χ0n) is 15.2. The van der Waals surface area contributed by atoms with Gasteiger partial charge in [0.05, 0.1) is 9.58 Å². The van der Waals surface area contributed by atoms with Gasteiger partial charge in [0.15, 0.2) is 0 Å². The minimum Gasteiger partial charge on any atom is -0.487 e. The Hall–Kier alpha value is -1.98. The number of halogens is 5. The molecule has 3 aromatic rings. The molecule has 1 aromatic heterocycles. The smallest absolute Gasteiger partial charge is 0.387 e. The molecule has 1 heterocycles. The van der Waals surface area contributed by atoms with E-state index in [1.807, 2.05) is 0 Å². The summed E-state index contributed by atoms with van der Waals surface area (Å²) in [6.07, 6.45) is 0. The average molecular weight is 542 g/mol. The normalized spacial score (nSPS) is 12.0. The molecule has 0 spiro atoms. The predicted molar refractivity (Wildman–Crippen MR) is 111 cm³/mol. The number of alkyl halides is 4. The maximum absolute atomic E-state index is 14.3. The van der Waals surface area contributed by atoms with Gasteiger partial charge in [-0.05, 0) is 45.8 Å². The fourth-order valence-electron chi connectivity index (χ4n) is 2.60. The molecule has 0 aliphatic heterocycles. The van der Waals surface area contributed by atoms with Gasteiger partial charge in [-0.1, -0.05) is 12.1 Å². The molecule has 166 valence electrons. The van der Waals surface area contributed by atoms with Crippen molar-refractivity contribution in [2.24, 2.45) is 5.73 Å². The standard InChI is InChI=1S/C18H13BrF4NO5PS/c19-13-11-5-9(16(24)25)6-12(14(11)31-15(13)18(22,23)30(26)27)28-7-8-1-3-10(4-2-8)29-17(20)21/h1-6,17,26-27H,7H2,(H2,24,25). The molecule has 0 aliphatic carbocycles. The van der Waals surface area contributed by atoms with Crippen LogP contribution in [-0.4, -0.2) is 22.3 Å². The van der Waals surface area contributed by atoms with Crippen molar-refractivity contribution in [3.05, 3.63) is 56.9 Å². The highest BCUT2D eigenvalue weighted by Gasteiger charge is 2.45. The van der Waals surface area contributed by atoms with Crippen LogP contribution < -0.4 is 15.2 Å². The summed E-state index contributed by atoms with van der Waals surface area (Å²) >= 11 is 3.60. The summed E-state index contributed by atoms with van der Waals surface area (Å²) in [6, 6.07) is 8.14. The summed E-state index contributed by atoms with van der Waals surface area (Å²) in [5.74, 6) is -0.805. The summed E-state index contributed by atoms with van der Waals surface area (Å²) in [6.45, 7) is -3.05. The molecule has 2 aromatic carbocycles. The van der Waals surface area contributed by atoms with Gasteiger partial charge >= 0.3 is 12.3 Å². The first-order valence-electron chi connectivity index (χ1n) is 8.29. The molecule has 0 atom stereocenters. The van der Waals surface area contributed by atoms with Gasteiger partial charge in [0, 0.05) is 15.4 Å². The van der Waals surface area contributed by atoms with Crippen LogP contribution in [0.1, 0.15) is 20.8 Å². The van der Waals surface area contributed by atoms with Crippen LogP contribution in [0.4, 0.5) is 17.6 Å². The Balaban J connectivity index is 1.98. The quantitative estimate of drug-likeness (QED) is 0.265. The van der Waals surface area contributed by atoms with Gasteiger partial charge in [0.2, 0.25) is 14.3 Å². The van der Waals surface area contributed by atoms with E-state index in [4.69, 9.17) is 20.3 Å². The van der Waals surface area contributed by atoms with Crippen LogP contribution in [0, 0.1) is 0 Å². The van der Waals surface area contributed by atoms with Crippen LogP contribution in [0.5, 0.6) is 11.5 Å². The molecule has 0 fully saturated rings. The number of rotatable bonds is 8. The van der Waals surface area contributed by atoms with Gasteiger partial charge in [-0.25, -0.2) is 0 Å². The van der Waals surface area contributed by atoms with Crippen LogP contribution in [0.25, 0.3) is 10.1 Å². The first-order valence-corrected chi connectivity index (χ1v) is 11.1. The minimum atomic E-state index is -3.91. The lowest BCUT2D eigenvalue weighted by Gasteiger charge is -2.15. The Morgan fingerprint density at radius 3 is 2.42 bits per heavy atom. The molecular weight excluding hydrogens is 529 g/mol. The average Bonchev–Trinajstić information content (AvgIpc) is 3.04. The molecule has 6 nitrogen and oxygen atoms in total. The van der Waals surface area contributed by atoms with E-state index in [-0.39, 0.29) is 38.2 Å². The van der Waals surface area contributed by atoms with E-state index >= 15 is 0 Å². The molecule has 1 amide bonds. The van der Waals surface area contributed by atoms with Crippen molar-refractivity contribution < 1.29 is 41.6 Å². The largest absolute Gasteiger partial charge is 0.487 e. The summed E-state index contributed by atoms with van der Waals surface area (Å²) in [5.41, 5.74) is 1.95. The number of carbonyl (C=O) groups excluding carboxylic acids is 1. The Bertz CT molecular complexity index is 1110. The molecule has 0 saturated carbocycles. The maximum atomic E-state index is 14.3. The van der Waals surface area contributed by atoms with Crippen LogP contribution in [-0.2, 0) is 12.3 Å². The Labute approximate surface area is 186 Å². The van der Waals surface area contributed by atoms with E-state index in [1.165, 1.54) is 36.4 Å². The van der Waals surface area contributed by atoms with E-state index in [9.17, 15) is 22.4 Å². The molecule has 4 N–H and O–H groups in total. The van der Waals surface area contributed by atoms with Gasteiger partial charge in [-0.2, -0.15) is 17.6 Å². The van der Waals surface area contributed by atoms with E-state index in [0.717, 1.165) is 0 Å². The molecule has 0 aliphatic rings.